The highest BCUT2D eigenvalue weighted by Gasteiger charge is 2.44. The predicted molar refractivity (Wildman–Crippen MR) is 104 cm³/mol. The molecule has 0 radical (unpaired) electrons. The van der Waals surface area contributed by atoms with Crippen molar-refractivity contribution in [1.29, 1.82) is 0 Å². The van der Waals surface area contributed by atoms with Crippen LogP contribution >= 0.6 is 0 Å². The predicted octanol–water partition coefficient (Wildman–Crippen LogP) is 2.77. The van der Waals surface area contributed by atoms with Crippen LogP contribution < -0.4 is 5.32 Å². The summed E-state index contributed by atoms with van der Waals surface area (Å²) in [6.07, 6.45) is 5.25. The number of ether oxygens (including phenoxy) is 1. The Morgan fingerprint density at radius 2 is 2.00 bits per heavy atom. The van der Waals surface area contributed by atoms with Crippen molar-refractivity contribution in [2.75, 3.05) is 18.4 Å². The molecule has 1 aromatic heterocycles. The third-order valence-corrected chi connectivity index (χ3v) is 5.44. The van der Waals surface area contributed by atoms with Gasteiger partial charge in [0.2, 0.25) is 5.91 Å². The van der Waals surface area contributed by atoms with Crippen LogP contribution in [0.2, 0.25) is 0 Å². The van der Waals surface area contributed by atoms with E-state index >= 15 is 0 Å². The average molecular weight is 368 g/mol. The van der Waals surface area contributed by atoms with Gasteiger partial charge < -0.3 is 10.1 Å². The van der Waals surface area contributed by atoms with Gasteiger partial charge in [-0.1, -0.05) is 18.2 Å². The van der Waals surface area contributed by atoms with Crippen LogP contribution in [0.25, 0.3) is 0 Å². The molecule has 144 valence electrons. The Balaban J connectivity index is 1.40. The molecule has 2 fully saturated rings. The van der Waals surface area contributed by atoms with Crippen molar-refractivity contribution in [1.82, 2.24) is 14.7 Å². The fourth-order valence-electron chi connectivity index (χ4n) is 4.14. The molecule has 4 rings (SSSR count). The molecular weight excluding hydrogens is 340 g/mol. The van der Waals surface area contributed by atoms with Crippen LogP contribution in [-0.4, -0.2) is 45.9 Å². The Morgan fingerprint density at radius 1 is 1.26 bits per heavy atom. The lowest BCUT2D eigenvalue weighted by Gasteiger charge is -2.35. The van der Waals surface area contributed by atoms with E-state index in [9.17, 15) is 4.79 Å². The largest absolute Gasteiger partial charge is 0.373 e. The molecule has 1 saturated carbocycles. The number of nitrogens with one attached hydrogen (secondary N) is 1. The number of carbonyl (C=O) groups is 1. The summed E-state index contributed by atoms with van der Waals surface area (Å²) in [6, 6.07) is 8.12. The van der Waals surface area contributed by atoms with Gasteiger partial charge in [0.15, 0.2) is 0 Å². The number of amides is 1. The molecule has 6 nitrogen and oxygen atoms in total. The lowest BCUT2D eigenvalue weighted by Crippen LogP contribution is -2.44. The van der Waals surface area contributed by atoms with E-state index in [1.165, 1.54) is 0 Å². The number of nitrogens with zero attached hydrogens (tertiary/aromatic N) is 3. The molecule has 0 bridgehead atoms. The molecule has 2 aromatic rings. The van der Waals surface area contributed by atoms with E-state index in [1.54, 1.807) is 4.68 Å². The van der Waals surface area contributed by atoms with Crippen molar-refractivity contribution >= 4 is 11.6 Å². The topological polar surface area (TPSA) is 59.4 Å². The normalized spacial score (nSPS) is 28.1. The highest BCUT2D eigenvalue weighted by molar-refractivity contribution is 5.95. The van der Waals surface area contributed by atoms with E-state index in [-0.39, 0.29) is 24.0 Å². The lowest BCUT2D eigenvalue weighted by atomic mass is 10.1. The van der Waals surface area contributed by atoms with Gasteiger partial charge >= 0.3 is 0 Å². The minimum absolute atomic E-state index is 0.0469. The summed E-state index contributed by atoms with van der Waals surface area (Å²) in [5.74, 6) is 0.456. The Morgan fingerprint density at radius 3 is 2.70 bits per heavy atom. The summed E-state index contributed by atoms with van der Waals surface area (Å²) in [7, 11) is 1.91. The van der Waals surface area contributed by atoms with Gasteiger partial charge in [0.05, 0.1) is 18.4 Å². The number of para-hydroxylation sites is 1. The van der Waals surface area contributed by atoms with E-state index < -0.39 is 0 Å². The minimum atomic E-state index is 0.0469. The molecule has 4 atom stereocenters. The van der Waals surface area contributed by atoms with E-state index in [0.717, 1.165) is 42.9 Å². The SMILES string of the molecule is CC1CN(Cc2ccccc2NC(=O)C2CC2c2cnn(C)c2)CC(C)O1. The standard InChI is InChI=1S/C21H28N4O2/c1-14-10-25(11-15(2)27-14)13-16-6-4-5-7-20(16)23-21(26)19-8-18(19)17-9-22-24(3)12-17/h4-7,9,12,14-15,18-19H,8,10-11,13H2,1-3H3,(H,23,26). The van der Waals surface area contributed by atoms with Crippen molar-refractivity contribution in [3.63, 3.8) is 0 Å². The summed E-state index contributed by atoms with van der Waals surface area (Å²) in [5.41, 5.74) is 3.24. The number of hydrogen-bond acceptors (Lipinski definition) is 4. The molecule has 1 aliphatic carbocycles. The first kappa shape index (κ1) is 18.2. The molecule has 1 aliphatic heterocycles. The zero-order valence-electron chi connectivity index (χ0n) is 16.3. The molecule has 6 heteroatoms. The lowest BCUT2D eigenvalue weighted by molar-refractivity contribution is -0.117. The van der Waals surface area contributed by atoms with Crippen molar-refractivity contribution in [2.24, 2.45) is 13.0 Å². The number of aromatic nitrogens is 2. The summed E-state index contributed by atoms with van der Waals surface area (Å²) in [5, 5.41) is 7.38. The molecule has 2 aliphatic rings. The Kier molecular flexibility index (Phi) is 5.02. The number of rotatable bonds is 5. The first-order valence-corrected chi connectivity index (χ1v) is 9.74. The molecule has 4 unspecified atom stereocenters. The van der Waals surface area contributed by atoms with Crippen LogP contribution in [0.4, 0.5) is 5.69 Å². The first-order chi connectivity index (χ1) is 13.0. The number of aryl methyl sites for hydroxylation is 1. The van der Waals surface area contributed by atoms with Crippen molar-refractivity contribution in [3.05, 3.63) is 47.8 Å². The summed E-state index contributed by atoms with van der Waals surface area (Å²) < 4.78 is 7.62. The van der Waals surface area contributed by atoms with Crippen molar-refractivity contribution < 1.29 is 9.53 Å². The fraction of sp³-hybridized carbons (Fsp3) is 0.524. The first-order valence-electron chi connectivity index (χ1n) is 9.74. The summed E-state index contributed by atoms with van der Waals surface area (Å²) in [4.78, 5) is 15.1. The van der Waals surface area contributed by atoms with Gasteiger partial charge in [-0.15, -0.1) is 0 Å². The fourth-order valence-corrected chi connectivity index (χ4v) is 4.14. The highest BCUT2D eigenvalue weighted by Crippen LogP contribution is 2.47. The molecule has 1 amide bonds. The highest BCUT2D eigenvalue weighted by atomic mass is 16.5. The van der Waals surface area contributed by atoms with Gasteiger partial charge in [-0.2, -0.15) is 5.10 Å². The molecule has 1 N–H and O–H groups in total. The third-order valence-electron chi connectivity index (χ3n) is 5.44. The Bertz CT molecular complexity index is 808. The molecular formula is C21H28N4O2. The number of morpholine rings is 1. The summed E-state index contributed by atoms with van der Waals surface area (Å²) in [6.45, 7) is 6.88. The second-order valence-electron chi connectivity index (χ2n) is 7.99. The molecule has 2 heterocycles. The van der Waals surface area contributed by atoms with E-state index in [1.807, 2.05) is 37.6 Å². The second kappa shape index (κ2) is 7.44. The Labute approximate surface area is 160 Å². The monoisotopic (exact) mass is 368 g/mol. The number of anilines is 1. The van der Waals surface area contributed by atoms with Gasteiger partial charge in [-0.25, -0.2) is 0 Å². The van der Waals surface area contributed by atoms with Gasteiger partial charge in [-0.05, 0) is 43.4 Å². The van der Waals surface area contributed by atoms with Crippen LogP contribution in [0.1, 0.15) is 37.3 Å². The number of carbonyl (C=O) groups excluding carboxylic acids is 1. The van der Waals surface area contributed by atoms with Crippen molar-refractivity contribution in [3.8, 4) is 0 Å². The molecule has 1 saturated heterocycles. The van der Waals surface area contributed by atoms with Gasteiger partial charge in [0.25, 0.3) is 0 Å². The maximum Gasteiger partial charge on any atom is 0.228 e. The van der Waals surface area contributed by atoms with E-state index in [0.29, 0.717) is 5.92 Å². The van der Waals surface area contributed by atoms with Gasteiger partial charge in [0.1, 0.15) is 0 Å². The average Bonchev–Trinajstić information content (AvgIpc) is 3.30. The van der Waals surface area contributed by atoms with Crippen LogP contribution in [-0.2, 0) is 23.1 Å². The zero-order valence-corrected chi connectivity index (χ0v) is 16.3. The summed E-state index contributed by atoms with van der Waals surface area (Å²) >= 11 is 0. The quantitative estimate of drug-likeness (QED) is 0.882. The number of hydrogen-bond donors (Lipinski definition) is 1. The van der Waals surface area contributed by atoms with E-state index in [2.05, 4.69) is 35.2 Å². The third kappa shape index (κ3) is 4.22. The maximum atomic E-state index is 12.7. The number of benzene rings is 1. The zero-order chi connectivity index (χ0) is 19.0. The molecule has 0 spiro atoms. The van der Waals surface area contributed by atoms with Crippen LogP contribution in [0.3, 0.4) is 0 Å². The van der Waals surface area contributed by atoms with Crippen LogP contribution in [0, 0.1) is 5.92 Å². The van der Waals surface area contributed by atoms with Crippen LogP contribution in [0.5, 0.6) is 0 Å². The second-order valence-corrected chi connectivity index (χ2v) is 7.99. The molecule has 27 heavy (non-hydrogen) atoms. The smallest absolute Gasteiger partial charge is 0.228 e. The van der Waals surface area contributed by atoms with Crippen molar-refractivity contribution in [2.45, 2.75) is 44.9 Å². The van der Waals surface area contributed by atoms with Gasteiger partial charge in [0, 0.05) is 44.5 Å². The maximum absolute atomic E-state index is 12.7. The molecule has 1 aromatic carbocycles. The van der Waals surface area contributed by atoms with Gasteiger partial charge in [-0.3, -0.25) is 14.4 Å². The van der Waals surface area contributed by atoms with Crippen LogP contribution in [0.15, 0.2) is 36.7 Å². The Hall–Kier alpha value is -2.18. The van der Waals surface area contributed by atoms with E-state index in [4.69, 9.17) is 4.74 Å². The minimum Gasteiger partial charge on any atom is -0.373 e.